The van der Waals surface area contributed by atoms with Gasteiger partial charge >= 0.3 is 0 Å². The van der Waals surface area contributed by atoms with Gasteiger partial charge in [-0.3, -0.25) is 9.78 Å². The molecule has 11 heteroatoms. The van der Waals surface area contributed by atoms with E-state index in [9.17, 15) is 13.2 Å². The van der Waals surface area contributed by atoms with Gasteiger partial charge in [0.1, 0.15) is 17.0 Å². The summed E-state index contributed by atoms with van der Waals surface area (Å²) in [6.07, 6.45) is 2.89. The number of hydrogen-bond donors (Lipinski definition) is 1. The molecular weight excluding hydrogens is 497 g/mol. The summed E-state index contributed by atoms with van der Waals surface area (Å²) >= 11 is 12.2. The Morgan fingerprint density at radius 3 is 2.56 bits per heavy atom. The number of carbonyl (C=O) groups excluding carboxylic acids is 1. The Balaban J connectivity index is 1.65. The van der Waals surface area contributed by atoms with Crippen LogP contribution in [-0.2, 0) is 16.6 Å². The zero-order chi connectivity index (χ0) is 24.5. The Kier molecular flexibility index (Phi) is 6.70. The van der Waals surface area contributed by atoms with Crippen LogP contribution in [0.3, 0.4) is 0 Å². The maximum atomic E-state index is 12.8. The summed E-state index contributed by atoms with van der Waals surface area (Å²) in [5.41, 5.74) is 2.85. The smallest absolute Gasteiger partial charge is 0.283 e. The van der Waals surface area contributed by atoms with Gasteiger partial charge in [0, 0.05) is 6.20 Å². The molecule has 0 aliphatic heterocycles. The maximum absolute atomic E-state index is 12.8. The van der Waals surface area contributed by atoms with E-state index in [2.05, 4.69) is 15.0 Å². The van der Waals surface area contributed by atoms with E-state index in [0.29, 0.717) is 43.9 Å². The topological polar surface area (TPSA) is 107 Å². The summed E-state index contributed by atoms with van der Waals surface area (Å²) in [5, 5.41) is 1.74. The number of nitrogens with zero attached hydrogens (tertiary/aromatic N) is 4. The summed E-state index contributed by atoms with van der Waals surface area (Å²) in [7, 11) is -4.04. The molecule has 4 rings (SSSR count). The molecule has 0 unspecified atom stereocenters. The number of pyridine rings is 2. The normalized spacial score (nSPS) is 11.9. The minimum atomic E-state index is -4.04. The first kappa shape index (κ1) is 23.9. The number of halogens is 2. The van der Waals surface area contributed by atoms with Gasteiger partial charge in [0.25, 0.3) is 15.9 Å². The minimum absolute atomic E-state index is 0.0574. The van der Waals surface area contributed by atoms with Crippen LogP contribution in [0.1, 0.15) is 33.1 Å². The Labute approximate surface area is 206 Å². The van der Waals surface area contributed by atoms with Crippen LogP contribution in [0, 0.1) is 13.8 Å². The second-order valence-corrected chi connectivity index (χ2v) is 9.92. The first-order valence-electron chi connectivity index (χ1n) is 10.1. The summed E-state index contributed by atoms with van der Waals surface area (Å²) < 4.78 is 28.6. The number of benzene rings is 1. The van der Waals surface area contributed by atoms with Gasteiger partial charge in [-0.25, -0.2) is 23.1 Å². The SMILES string of the molecule is Cc1cc(C(=O)NS(=O)(=O)/C=C/c2ccccc2)nc2c1nc(C)n2Cc1ncc(Cl)cc1Cl. The quantitative estimate of drug-likeness (QED) is 0.404. The van der Waals surface area contributed by atoms with Crippen molar-refractivity contribution in [1.29, 1.82) is 0 Å². The van der Waals surface area contributed by atoms with Gasteiger partial charge in [-0.05, 0) is 43.2 Å². The maximum Gasteiger partial charge on any atom is 0.283 e. The number of carbonyl (C=O) groups is 1. The first-order chi connectivity index (χ1) is 16.1. The number of hydrogen-bond acceptors (Lipinski definition) is 6. The van der Waals surface area contributed by atoms with E-state index in [1.807, 2.05) is 10.8 Å². The standard InChI is InChI=1S/C23H19Cl2N5O3S/c1-14-10-19(23(31)29-34(32,33)9-8-16-6-4-3-5-7-16)28-22-21(14)27-15(2)30(22)13-20-18(25)11-17(24)12-26-20/h3-12H,13H2,1-2H3,(H,29,31)/b9-8+. The van der Waals surface area contributed by atoms with Crippen molar-refractivity contribution in [3.63, 3.8) is 0 Å². The average Bonchev–Trinajstić information content (AvgIpc) is 3.10. The van der Waals surface area contributed by atoms with E-state index in [0.717, 1.165) is 5.41 Å². The van der Waals surface area contributed by atoms with E-state index >= 15 is 0 Å². The summed E-state index contributed by atoms with van der Waals surface area (Å²) in [4.78, 5) is 26.0. The molecule has 1 amide bonds. The van der Waals surface area contributed by atoms with Gasteiger partial charge in [0.05, 0.1) is 27.7 Å². The van der Waals surface area contributed by atoms with Gasteiger partial charge in [0.15, 0.2) is 5.65 Å². The highest BCUT2D eigenvalue weighted by Crippen LogP contribution is 2.24. The third-order valence-corrected chi connectivity index (χ3v) is 6.48. The molecule has 3 heterocycles. The highest BCUT2D eigenvalue weighted by Gasteiger charge is 2.20. The van der Waals surface area contributed by atoms with Gasteiger partial charge in [-0.15, -0.1) is 0 Å². The number of fused-ring (bicyclic) bond motifs is 1. The number of imidazole rings is 1. The molecule has 0 radical (unpaired) electrons. The average molecular weight is 516 g/mol. The molecule has 1 N–H and O–H groups in total. The van der Waals surface area contributed by atoms with Crippen LogP contribution in [0.15, 0.2) is 54.1 Å². The lowest BCUT2D eigenvalue weighted by molar-refractivity contribution is 0.0977. The Bertz CT molecular complexity index is 1530. The molecule has 0 atom stereocenters. The fraction of sp³-hybridized carbons (Fsp3) is 0.130. The fourth-order valence-corrected chi connectivity index (χ4v) is 4.52. The van der Waals surface area contributed by atoms with Crippen LogP contribution in [-0.4, -0.2) is 33.8 Å². The van der Waals surface area contributed by atoms with Crippen molar-refractivity contribution in [3.05, 3.63) is 92.5 Å². The van der Waals surface area contributed by atoms with E-state index < -0.39 is 15.9 Å². The molecule has 1 aromatic carbocycles. The molecule has 0 spiro atoms. The number of nitrogens with one attached hydrogen (secondary N) is 1. The third-order valence-electron chi connectivity index (χ3n) is 4.98. The van der Waals surface area contributed by atoms with Crippen LogP contribution in [0.5, 0.6) is 0 Å². The van der Waals surface area contributed by atoms with Crippen LogP contribution in [0.25, 0.3) is 17.2 Å². The lowest BCUT2D eigenvalue weighted by Crippen LogP contribution is -2.29. The van der Waals surface area contributed by atoms with Crippen molar-refractivity contribution in [1.82, 2.24) is 24.2 Å². The van der Waals surface area contributed by atoms with Crippen molar-refractivity contribution < 1.29 is 13.2 Å². The lowest BCUT2D eigenvalue weighted by atomic mass is 10.2. The van der Waals surface area contributed by atoms with Crippen molar-refractivity contribution in [2.75, 3.05) is 0 Å². The molecule has 0 aliphatic rings. The molecule has 0 saturated heterocycles. The van der Waals surface area contributed by atoms with E-state index in [4.69, 9.17) is 23.2 Å². The molecule has 34 heavy (non-hydrogen) atoms. The second kappa shape index (κ2) is 9.54. The largest absolute Gasteiger partial charge is 0.307 e. The molecule has 8 nitrogen and oxygen atoms in total. The number of aryl methyl sites for hydroxylation is 2. The summed E-state index contributed by atoms with van der Waals surface area (Å²) in [6.45, 7) is 3.81. The molecule has 4 aromatic rings. The molecule has 0 aliphatic carbocycles. The Hall–Kier alpha value is -3.27. The predicted molar refractivity (Wildman–Crippen MR) is 132 cm³/mol. The first-order valence-corrected chi connectivity index (χ1v) is 12.4. The minimum Gasteiger partial charge on any atom is -0.307 e. The van der Waals surface area contributed by atoms with E-state index in [1.165, 1.54) is 18.3 Å². The number of sulfonamides is 1. The van der Waals surface area contributed by atoms with Crippen LogP contribution in [0.2, 0.25) is 10.0 Å². The van der Waals surface area contributed by atoms with Gasteiger partial charge in [-0.1, -0.05) is 53.5 Å². The van der Waals surface area contributed by atoms with E-state index in [1.54, 1.807) is 48.7 Å². The molecule has 3 aromatic heterocycles. The lowest BCUT2D eigenvalue weighted by Gasteiger charge is -2.09. The highest BCUT2D eigenvalue weighted by atomic mass is 35.5. The van der Waals surface area contributed by atoms with Crippen LogP contribution < -0.4 is 4.72 Å². The van der Waals surface area contributed by atoms with E-state index in [-0.39, 0.29) is 12.2 Å². The van der Waals surface area contributed by atoms with Gasteiger partial charge < -0.3 is 4.57 Å². The summed E-state index contributed by atoms with van der Waals surface area (Å²) in [5.74, 6) is -0.217. The molecular formula is C23H19Cl2N5O3S. The van der Waals surface area contributed by atoms with Crippen LogP contribution in [0.4, 0.5) is 0 Å². The van der Waals surface area contributed by atoms with Crippen molar-refractivity contribution >= 4 is 56.4 Å². The number of aromatic nitrogens is 4. The molecule has 0 bridgehead atoms. The highest BCUT2D eigenvalue weighted by molar-refractivity contribution is 7.93. The van der Waals surface area contributed by atoms with Crippen LogP contribution >= 0.6 is 23.2 Å². The molecule has 0 saturated carbocycles. The number of amides is 1. The molecule has 0 fully saturated rings. The predicted octanol–water partition coefficient (Wildman–Crippen LogP) is 4.53. The Morgan fingerprint density at radius 1 is 1.12 bits per heavy atom. The second-order valence-electron chi connectivity index (χ2n) is 7.51. The Morgan fingerprint density at radius 2 is 1.85 bits per heavy atom. The monoisotopic (exact) mass is 515 g/mol. The zero-order valence-corrected chi connectivity index (χ0v) is 20.5. The molecule has 174 valence electrons. The summed E-state index contributed by atoms with van der Waals surface area (Å²) in [6, 6.07) is 12.0. The van der Waals surface area contributed by atoms with Crippen molar-refractivity contribution in [2.24, 2.45) is 0 Å². The van der Waals surface area contributed by atoms with Crippen molar-refractivity contribution in [2.45, 2.75) is 20.4 Å². The number of rotatable bonds is 6. The van der Waals surface area contributed by atoms with Gasteiger partial charge in [0.2, 0.25) is 0 Å². The van der Waals surface area contributed by atoms with Crippen molar-refractivity contribution in [3.8, 4) is 0 Å². The third kappa shape index (κ3) is 5.27. The zero-order valence-electron chi connectivity index (χ0n) is 18.2. The fourth-order valence-electron chi connectivity index (χ4n) is 3.31. The van der Waals surface area contributed by atoms with Gasteiger partial charge in [-0.2, -0.15) is 0 Å².